The molecule has 0 unspecified atom stereocenters. The van der Waals surface area contributed by atoms with Crippen LogP contribution < -0.4 is 18.9 Å². The number of ether oxygens (including phenoxy) is 5. The topological polar surface area (TPSA) is 212 Å². The number of methoxy groups -OCH3 is 2. The zero-order valence-electron chi connectivity index (χ0n) is 30.9. The summed E-state index contributed by atoms with van der Waals surface area (Å²) in [5, 5.41) is 43.3. The number of phenols is 2. The van der Waals surface area contributed by atoms with Crippen LogP contribution in [-0.2, 0) is 20.7 Å². The lowest BCUT2D eigenvalue weighted by Crippen LogP contribution is -2.47. The fraction of sp³-hybridized carbons (Fsp3) is 0.308. The number of hydrogen-bond donors (Lipinski definition) is 4. The van der Waals surface area contributed by atoms with Gasteiger partial charge in [-0.15, -0.1) is 0 Å². The molecule has 0 saturated carbocycles. The first-order valence-electron chi connectivity index (χ1n) is 16.2. The van der Waals surface area contributed by atoms with Crippen LogP contribution in [0.3, 0.4) is 0 Å². The number of esters is 3. The van der Waals surface area contributed by atoms with Crippen molar-refractivity contribution >= 4 is 29.7 Å². The van der Waals surface area contributed by atoms with Crippen molar-refractivity contribution < 1.29 is 68.1 Å². The average molecular weight is 733 g/mol. The largest absolute Gasteiger partial charge is 0.507 e. The number of hydrogen-bond acceptors (Lipinski definition) is 13. The van der Waals surface area contributed by atoms with E-state index in [-0.39, 0.29) is 79.7 Å². The lowest BCUT2D eigenvalue weighted by Gasteiger charge is -2.31. The second-order valence-corrected chi connectivity index (χ2v) is 12.5. The molecular formula is C39H40O14. The van der Waals surface area contributed by atoms with Crippen LogP contribution in [0.25, 0.3) is 0 Å². The smallest absolute Gasteiger partial charge is 0.356 e. The molecule has 1 aliphatic carbocycles. The third-order valence-electron chi connectivity index (χ3n) is 9.42. The molecule has 4 N–H and O–H groups in total. The van der Waals surface area contributed by atoms with Gasteiger partial charge >= 0.3 is 23.9 Å². The van der Waals surface area contributed by atoms with Crippen LogP contribution in [0.4, 0.5) is 0 Å². The number of phenolic OH excluding ortho intramolecular Hbond substituents is 2. The number of carbonyl (C=O) groups excluding carboxylic acids is 4. The van der Waals surface area contributed by atoms with E-state index in [1.165, 1.54) is 61.0 Å². The highest BCUT2D eigenvalue weighted by atomic mass is 16.6. The van der Waals surface area contributed by atoms with Crippen molar-refractivity contribution in [2.45, 2.75) is 67.4 Å². The summed E-state index contributed by atoms with van der Waals surface area (Å²) in [7, 11) is 2.46. The third kappa shape index (κ3) is 6.80. The SMILES string of the molecule is CCc1c(C)c(C(=O)Oc2cc(C)c(C(=O)Oc3cc(OC)c(C(=O)O)c(C)c3C)c(O)c2C)c(O)c(C)c1OC(=O)[C@@]1(O)C(C)=CC(=O)C=C1OC. The Balaban J connectivity index is 1.68. The van der Waals surface area contributed by atoms with Crippen LogP contribution in [-0.4, -0.2) is 69.9 Å². The Kier molecular flexibility index (Phi) is 11.1. The van der Waals surface area contributed by atoms with E-state index in [1.807, 2.05) is 0 Å². The van der Waals surface area contributed by atoms with Gasteiger partial charge in [0.05, 0.1) is 14.2 Å². The summed E-state index contributed by atoms with van der Waals surface area (Å²) in [4.78, 5) is 64.3. The zero-order valence-corrected chi connectivity index (χ0v) is 30.9. The number of rotatable bonds is 10. The van der Waals surface area contributed by atoms with Crippen molar-refractivity contribution in [3.63, 3.8) is 0 Å². The van der Waals surface area contributed by atoms with Crippen molar-refractivity contribution in [3.8, 4) is 34.5 Å². The van der Waals surface area contributed by atoms with Gasteiger partial charge in [-0.1, -0.05) is 6.92 Å². The monoisotopic (exact) mass is 732 g/mol. The molecule has 53 heavy (non-hydrogen) atoms. The maximum Gasteiger partial charge on any atom is 0.356 e. The molecule has 1 aliphatic rings. The van der Waals surface area contributed by atoms with E-state index in [2.05, 4.69) is 0 Å². The Morgan fingerprint density at radius 3 is 1.79 bits per heavy atom. The maximum absolute atomic E-state index is 13.7. The summed E-state index contributed by atoms with van der Waals surface area (Å²) >= 11 is 0. The second-order valence-electron chi connectivity index (χ2n) is 12.5. The first-order valence-corrected chi connectivity index (χ1v) is 16.2. The van der Waals surface area contributed by atoms with E-state index >= 15 is 0 Å². The highest BCUT2D eigenvalue weighted by molar-refractivity contribution is 6.06. The van der Waals surface area contributed by atoms with Crippen LogP contribution >= 0.6 is 0 Å². The van der Waals surface area contributed by atoms with Gasteiger partial charge in [0.25, 0.3) is 0 Å². The normalized spacial score (nSPS) is 15.3. The molecule has 0 aliphatic heterocycles. The molecule has 0 bridgehead atoms. The van der Waals surface area contributed by atoms with E-state index in [0.717, 1.165) is 12.2 Å². The summed E-state index contributed by atoms with van der Waals surface area (Å²) in [6.45, 7) is 12.0. The Labute approximate surface area is 304 Å². The molecule has 0 spiro atoms. The number of carbonyl (C=O) groups is 5. The van der Waals surface area contributed by atoms with E-state index < -0.39 is 46.8 Å². The maximum atomic E-state index is 13.7. The van der Waals surface area contributed by atoms with E-state index in [1.54, 1.807) is 20.8 Å². The average Bonchev–Trinajstić information content (AvgIpc) is 3.09. The molecule has 3 aromatic rings. The predicted octanol–water partition coefficient (Wildman–Crippen LogP) is 5.35. The number of aliphatic hydroxyl groups is 1. The van der Waals surface area contributed by atoms with Crippen LogP contribution in [0.2, 0.25) is 0 Å². The highest BCUT2D eigenvalue weighted by Gasteiger charge is 2.48. The zero-order chi connectivity index (χ0) is 39.9. The van der Waals surface area contributed by atoms with Gasteiger partial charge < -0.3 is 44.1 Å². The van der Waals surface area contributed by atoms with Gasteiger partial charge in [-0.25, -0.2) is 19.2 Å². The summed E-state index contributed by atoms with van der Waals surface area (Å²) in [5.74, 6) is -6.69. The molecule has 3 aromatic carbocycles. The van der Waals surface area contributed by atoms with Gasteiger partial charge in [0.15, 0.2) is 5.78 Å². The van der Waals surface area contributed by atoms with Crippen molar-refractivity contribution in [1.82, 2.24) is 0 Å². The van der Waals surface area contributed by atoms with Crippen molar-refractivity contribution in [3.05, 3.63) is 91.3 Å². The lowest BCUT2D eigenvalue weighted by atomic mass is 9.87. The van der Waals surface area contributed by atoms with Gasteiger partial charge in [-0.05, 0) is 100 Å². The molecule has 0 radical (unpaired) electrons. The Hall–Kier alpha value is -6.15. The summed E-state index contributed by atoms with van der Waals surface area (Å²) in [6, 6.07) is 2.59. The molecule has 14 nitrogen and oxygen atoms in total. The number of ketones is 1. The van der Waals surface area contributed by atoms with Gasteiger partial charge in [-0.3, -0.25) is 4.79 Å². The van der Waals surface area contributed by atoms with Crippen molar-refractivity contribution in [2.75, 3.05) is 14.2 Å². The Morgan fingerprint density at radius 2 is 1.25 bits per heavy atom. The number of carboxylic acid groups (broad SMARTS) is 1. The van der Waals surface area contributed by atoms with Crippen molar-refractivity contribution in [2.24, 2.45) is 0 Å². The number of benzene rings is 3. The number of carboxylic acids is 1. The van der Waals surface area contributed by atoms with Gasteiger partial charge in [0.1, 0.15) is 56.9 Å². The summed E-state index contributed by atoms with van der Waals surface area (Å²) < 4.78 is 27.2. The standard InChI is InChI=1S/C39H40O14/c1-11-24-20(6)31(33(42)22(8)34(24)53-38(47)39(48)17(3)13-23(40)14-28(39)50-10)37(46)51-25-12-16(2)29(32(41)21(25)7)36(45)52-26-15-27(49-9)30(35(43)44)19(5)18(26)4/h12-15,41-42,48H,11H2,1-10H3,(H,43,44)/t39-/m1/s1. The molecule has 0 aromatic heterocycles. The van der Waals surface area contributed by atoms with E-state index in [4.69, 9.17) is 23.7 Å². The second kappa shape index (κ2) is 14.8. The quantitative estimate of drug-likeness (QED) is 0.153. The Morgan fingerprint density at radius 1 is 0.679 bits per heavy atom. The minimum absolute atomic E-state index is 0.00804. The van der Waals surface area contributed by atoms with Gasteiger partial charge in [-0.2, -0.15) is 0 Å². The number of allylic oxidation sites excluding steroid dienone is 2. The first kappa shape index (κ1) is 39.6. The van der Waals surface area contributed by atoms with Gasteiger partial charge in [0, 0.05) is 23.3 Å². The molecule has 4 rings (SSSR count). The number of aromatic carboxylic acids is 1. The molecule has 14 heteroatoms. The van der Waals surface area contributed by atoms with Crippen LogP contribution in [0.15, 0.2) is 35.6 Å². The number of aryl methyl sites for hydroxylation is 1. The van der Waals surface area contributed by atoms with Crippen LogP contribution in [0.5, 0.6) is 34.5 Å². The molecule has 1 atom stereocenters. The summed E-state index contributed by atoms with van der Waals surface area (Å²) in [6.07, 6.45) is 2.23. The summed E-state index contributed by atoms with van der Waals surface area (Å²) in [5.41, 5.74) is -1.76. The van der Waals surface area contributed by atoms with Crippen molar-refractivity contribution in [1.29, 1.82) is 0 Å². The molecule has 0 fully saturated rings. The lowest BCUT2D eigenvalue weighted by molar-refractivity contribution is -0.151. The third-order valence-corrected chi connectivity index (χ3v) is 9.42. The van der Waals surface area contributed by atoms with Crippen LogP contribution in [0.1, 0.15) is 83.9 Å². The minimum Gasteiger partial charge on any atom is -0.507 e. The van der Waals surface area contributed by atoms with Gasteiger partial charge in [0.2, 0.25) is 5.60 Å². The van der Waals surface area contributed by atoms with Crippen LogP contribution in [0, 0.1) is 41.5 Å². The first-order chi connectivity index (χ1) is 24.8. The molecule has 0 saturated heterocycles. The number of aromatic hydroxyl groups is 2. The predicted molar refractivity (Wildman–Crippen MR) is 188 cm³/mol. The van der Waals surface area contributed by atoms with E-state index in [9.17, 15) is 44.4 Å². The highest BCUT2D eigenvalue weighted by Crippen LogP contribution is 2.42. The molecular weight excluding hydrogens is 692 g/mol. The molecule has 0 heterocycles. The molecule has 0 amide bonds. The Bertz CT molecular complexity index is 2170. The van der Waals surface area contributed by atoms with E-state index in [0.29, 0.717) is 16.7 Å². The fourth-order valence-corrected chi connectivity index (χ4v) is 6.18. The minimum atomic E-state index is -2.44. The molecule has 280 valence electrons. The fourth-order valence-electron chi connectivity index (χ4n) is 6.18.